The van der Waals surface area contributed by atoms with Crippen LogP contribution in [0.3, 0.4) is 0 Å². The summed E-state index contributed by atoms with van der Waals surface area (Å²) in [5.41, 5.74) is 6.40. The molecule has 6 nitrogen and oxygen atoms in total. The van der Waals surface area contributed by atoms with Crippen LogP contribution in [0, 0.1) is 92.7 Å². The van der Waals surface area contributed by atoms with Gasteiger partial charge in [0.25, 0.3) is 0 Å². The van der Waals surface area contributed by atoms with Crippen molar-refractivity contribution in [2.45, 2.75) is 300 Å². The summed E-state index contributed by atoms with van der Waals surface area (Å²) in [6.07, 6.45) is 46.1. The maximum atomic E-state index is 13.2. The zero-order valence-corrected chi connectivity index (χ0v) is 54.0. The molecule has 6 fully saturated rings. The van der Waals surface area contributed by atoms with E-state index >= 15 is 0 Å². The minimum absolute atomic E-state index is 0.000638. The molecular weight excluding hydrogens is 983 g/mol. The van der Waals surface area contributed by atoms with Gasteiger partial charge in [0.05, 0.1) is 0 Å². The number of unbranched alkanes of at least 4 members (excludes halogenated alkanes) is 7. The predicted octanol–water partition coefficient (Wildman–Crippen LogP) is 19.4. The third-order valence-corrected chi connectivity index (χ3v) is 25.7. The summed E-state index contributed by atoms with van der Waals surface area (Å²) in [7, 11) is 0. The minimum atomic E-state index is 0.000638. The molecule has 0 aromatic rings. The van der Waals surface area contributed by atoms with Crippen molar-refractivity contribution >= 4 is 11.9 Å². The Morgan fingerprint density at radius 2 is 1.16 bits per heavy atom. The smallest absolute Gasteiger partial charge is 0.306 e. The van der Waals surface area contributed by atoms with Gasteiger partial charge in [0.1, 0.15) is 12.2 Å². The zero-order chi connectivity index (χ0) is 57.2. The number of aliphatic hydroxyl groups is 1. The number of hydrogen-bond acceptors (Lipinski definition) is 6. The summed E-state index contributed by atoms with van der Waals surface area (Å²) in [6.45, 7) is 31.1. The van der Waals surface area contributed by atoms with Gasteiger partial charge in [-0.25, -0.2) is 0 Å². The van der Waals surface area contributed by atoms with Crippen molar-refractivity contribution < 1.29 is 24.2 Å². The minimum Gasteiger partial charge on any atom is -0.462 e. The summed E-state index contributed by atoms with van der Waals surface area (Å²) in [4.78, 5) is 29.0. The average Bonchev–Trinajstić information content (AvgIpc) is 4.16. The van der Waals surface area contributed by atoms with Gasteiger partial charge in [-0.2, -0.15) is 0 Å². The fourth-order valence-electron chi connectivity index (χ4n) is 20.7. The normalized spacial score (nSPS) is 35.7. The van der Waals surface area contributed by atoms with E-state index in [2.05, 4.69) is 99.3 Å². The van der Waals surface area contributed by atoms with Gasteiger partial charge in [0, 0.05) is 32.3 Å². The van der Waals surface area contributed by atoms with E-state index in [0.29, 0.717) is 29.6 Å². The van der Waals surface area contributed by atoms with Crippen LogP contribution in [0.1, 0.15) is 288 Å². The molecule has 80 heavy (non-hydrogen) atoms. The van der Waals surface area contributed by atoms with E-state index < -0.39 is 0 Å². The van der Waals surface area contributed by atoms with Crippen molar-refractivity contribution in [2.24, 2.45) is 92.7 Å². The first-order valence-corrected chi connectivity index (χ1v) is 35.2. The standard InChI is InChI=1S/C74H125NO5/c1-12-56(53(4)5)29-28-55(7)64-35-37-66-62-33-31-58-51-60(39-43-72(58,9)68(62)41-45-74(64,66)11)80-70(78)27-18-14-16-20-47-75(48-21-22-49-76)46-19-15-13-17-26-69(77)79-59-38-42-71(8)57(50-59)30-32-61-65-36-34-63(54(6)25-23-24-52(2)3)73(65,10)44-40-67(61)71/h30-32,52-56,59-60,62-68,76H,12-29,33-51H2,1-11H3. The van der Waals surface area contributed by atoms with Gasteiger partial charge >= 0.3 is 11.9 Å². The van der Waals surface area contributed by atoms with Gasteiger partial charge in [-0.15, -0.1) is 0 Å². The van der Waals surface area contributed by atoms with Gasteiger partial charge in [-0.1, -0.05) is 169 Å². The summed E-state index contributed by atoms with van der Waals surface area (Å²) in [6, 6.07) is 0. The van der Waals surface area contributed by atoms with Crippen LogP contribution in [0.5, 0.6) is 0 Å². The maximum Gasteiger partial charge on any atom is 0.306 e. The highest BCUT2D eigenvalue weighted by molar-refractivity contribution is 5.70. The van der Waals surface area contributed by atoms with Gasteiger partial charge < -0.3 is 19.5 Å². The van der Waals surface area contributed by atoms with Crippen LogP contribution in [0.4, 0.5) is 0 Å². The highest BCUT2D eigenvalue weighted by Crippen LogP contribution is 2.69. The molecule has 0 saturated heterocycles. The monoisotopic (exact) mass is 1110 g/mol. The zero-order valence-electron chi connectivity index (χ0n) is 54.0. The lowest BCUT2D eigenvalue weighted by Crippen LogP contribution is -2.51. The third-order valence-electron chi connectivity index (χ3n) is 25.7. The number of nitrogens with zero attached hydrogens (tertiary/aromatic N) is 1. The largest absolute Gasteiger partial charge is 0.462 e. The molecule has 0 spiro atoms. The van der Waals surface area contributed by atoms with Crippen molar-refractivity contribution in [3.05, 3.63) is 34.9 Å². The Kier molecular flexibility index (Phi) is 23.2. The number of rotatable bonds is 31. The van der Waals surface area contributed by atoms with Crippen molar-refractivity contribution in [3.63, 3.8) is 0 Å². The average molecular weight is 1110 g/mol. The van der Waals surface area contributed by atoms with E-state index in [4.69, 9.17) is 9.47 Å². The molecule has 8 aliphatic carbocycles. The molecule has 6 saturated carbocycles. The maximum absolute atomic E-state index is 13.2. The molecule has 0 heterocycles. The molecule has 8 rings (SSSR count). The van der Waals surface area contributed by atoms with E-state index in [0.717, 1.165) is 181 Å². The number of hydrogen-bond donors (Lipinski definition) is 1. The summed E-state index contributed by atoms with van der Waals surface area (Å²) < 4.78 is 12.5. The second kappa shape index (κ2) is 29.0. The lowest BCUT2D eigenvalue weighted by Gasteiger charge is -2.58. The van der Waals surface area contributed by atoms with Crippen molar-refractivity contribution in [2.75, 3.05) is 26.2 Å². The molecule has 0 aromatic heterocycles. The molecule has 0 bridgehead atoms. The number of aliphatic hydroxyl groups excluding tert-OH is 1. The first kappa shape index (κ1) is 64.1. The Morgan fingerprint density at radius 1 is 0.575 bits per heavy atom. The quantitative estimate of drug-likeness (QED) is 0.0423. The topological polar surface area (TPSA) is 76.1 Å². The van der Waals surface area contributed by atoms with E-state index in [1.807, 2.05) is 0 Å². The molecule has 6 heteroatoms. The summed E-state index contributed by atoms with van der Waals surface area (Å²) in [5.74, 6) is 9.82. The first-order valence-electron chi connectivity index (χ1n) is 35.2. The number of carbonyl (C=O) groups is 2. The lowest BCUT2D eigenvalue weighted by molar-refractivity contribution is -0.152. The van der Waals surface area contributed by atoms with Crippen LogP contribution >= 0.6 is 0 Å². The second-order valence-electron chi connectivity index (χ2n) is 31.2. The van der Waals surface area contributed by atoms with E-state index in [1.54, 1.807) is 16.7 Å². The van der Waals surface area contributed by atoms with E-state index in [1.165, 1.54) is 103 Å². The number of carbonyl (C=O) groups excluding carboxylic acids is 2. The predicted molar refractivity (Wildman–Crippen MR) is 334 cm³/mol. The SMILES string of the molecule is CCC(CCC(C)C1CCC2C3CC=C4CC(OC(=O)CCCCCCN(CCCCO)CCCCCCC(=O)OC5CCC6(C)C(=CC=C7C6CCC6(C)C7CCC6C(C)CCCC(C)C)C5)CCC4(C)C3CCC12C)C(C)C. The molecule has 8 aliphatic rings. The van der Waals surface area contributed by atoms with Gasteiger partial charge in [0.15, 0.2) is 0 Å². The summed E-state index contributed by atoms with van der Waals surface area (Å²) in [5, 5.41) is 9.51. The Hall–Kier alpha value is -1.92. The molecule has 16 atom stereocenters. The van der Waals surface area contributed by atoms with E-state index in [-0.39, 0.29) is 41.6 Å². The fraction of sp³-hybridized carbons (Fsp3) is 0.892. The van der Waals surface area contributed by atoms with Gasteiger partial charge in [0.2, 0.25) is 0 Å². The van der Waals surface area contributed by atoms with Crippen molar-refractivity contribution in [1.29, 1.82) is 0 Å². The molecule has 0 amide bonds. The number of fused-ring (bicyclic) bond motifs is 10. The van der Waals surface area contributed by atoms with Crippen LogP contribution in [0.25, 0.3) is 0 Å². The molecular formula is C74H125NO5. The molecule has 456 valence electrons. The van der Waals surface area contributed by atoms with Crippen LogP contribution < -0.4 is 0 Å². The molecule has 0 aromatic carbocycles. The van der Waals surface area contributed by atoms with Crippen LogP contribution in [0.15, 0.2) is 34.9 Å². The van der Waals surface area contributed by atoms with Gasteiger partial charge in [-0.3, -0.25) is 9.59 Å². The second-order valence-corrected chi connectivity index (χ2v) is 31.2. The Labute approximate surface area is 492 Å². The lowest BCUT2D eigenvalue weighted by atomic mass is 9.47. The Morgan fingerprint density at radius 3 is 1.80 bits per heavy atom. The highest BCUT2D eigenvalue weighted by Gasteiger charge is 2.60. The van der Waals surface area contributed by atoms with Crippen molar-refractivity contribution in [3.8, 4) is 0 Å². The van der Waals surface area contributed by atoms with Crippen LogP contribution in [-0.4, -0.2) is 60.4 Å². The van der Waals surface area contributed by atoms with E-state index in [9.17, 15) is 14.7 Å². The number of esters is 2. The van der Waals surface area contributed by atoms with Crippen LogP contribution in [0.2, 0.25) is 0 Å². The Balaban J connectivity index is 0.684. The fourth-order valence-corrected chi connectivity index (χ4v) is 20.7. The number of ether oxygens (including phenoxy) is 2. The molecule has 0 aliphatic heterocycles. The molecule has 16 unspecified atom stereocenters. The highest BCUT2D eigenvalue weighted by atomic mass is 16.5. The Bertz CT molecular complexity index is 2070. The van der Waals surface area contributed by atoms with Crippen molar-refractivity contribution in [1.82, 2.24) is 4.90 Å². The van der Waals surface area contributed by atoms with Crippen LogP contribution in [-0.2, 0) is 19.1 Å². The molecule has 0 radical (unpaired) electrons. The number of allylic oxidation sites excluding steroid dienone is 4. The first-order chi connectivity index (χ1) is 38.3. The third kappa shape index (κ3) is 14.8. The summed E-state index contributed by atoms with van der Waals surface area (Å²) >= 11 is 0. The molecule has 1 N–H and O–H groups in total. The van der Waals surface area contributed by atoms with Gasteiger partial charge in [-0.05, 0) is 241 Å².